The fraction of sp³-hybridized carbons (Fsp3) is 0.150. The zero-order chi connectivity index (χ0) is 21.1. The quantitative estimate of drug-likeness (QED) is 0.350. The molecule has 1 aliphatic rings. The second kappa shape index (κ2) is 8.16. The van der Waals surface area contributed by atoms with Gasteiger partial charge in [0.25, 0.3) is 11.6 Å². The van der Waals surface area contributed by atoms with Crippen LogP contribution < -0.4 is 10.6 Å². The zero-order valence-corrected chi connectivity index (χ0v) is 16.2. The first-order chi connectivity index (χ1) is 13.8. The number of nitro benzene ring substituents is 1. The molecule has 146 valence electrons. The fourth-order valence-corrected chi connectivity index (χ4v) is 4.29. The van der Waals surface area contributed by atoms with Gasteiger partial charge in [-0.1, -0.05) is 47.7 Å². The van der Waals surface area contributed by atoms with E-state index < -0.39 is 16.1 Å². The van der Waals surface area contributed by atoms with Crippen LogP contribution >= 0.6 is 11.8 Å². The molecular weight excluding hydrogens is 392 g/mol. The Balaban J connectivity index is 2.06. The molecule has 2 aromatic carbocycles. The maximum Gasteiger partial charge on any atom is 0.272 e. The molecule has 2 amide bonds. The third kappa shape index (κ3) is 3.97. The Morgan fingerprint density at radius 2 is 1.93 bits per heavy atom. The minimum Gasteiger partial charge on any atom is -0.365 e. The predicted molar refractivity (Wildman–Crippen MR) is 109 cm³/mol. The van der Waals surface area contributed by atoms with Crippen LogP contribution in [0.15, 0.2) is 59.1 Å². The molecule has 9 heteroatoms. The molecule has 0 spiro atoms. The van der Waals surface area contributed by atoms with E-state index in [4.69, 9.17) is 5.73 Å². The zero-order valence-electron chi connectivity index (χ0n) is 15.4. The fourth-order valence-electron chi connectivity index (χ4n) is 2.99. The van der Waals surface area contributed by atoms with Crippen LogP contribution in [0.2, 0.25) is 0 Å². The first-order valence-corrected chi connectivity index (χ1v) is 9.45. The van der Waals surface area contributed by atoms with Crippen molar-refractivity contribution >= 4 is 35.0 Å². The van der Waals surface area contributed by atoms with Gasteiger partial charge in [-0.25, -0.2) is 0 Å². The van der Waals surface area contributed by atoms with Gasteiger partial charge >= 0.3 is 0 Å². The number of hydrogen-bond donors (Lipinski definition) is 1. The largest absolute Gasteiger partial charge is 0.365 e. The van der Waals surface area contributed by atoms with Gasteiger partial charge < -0.3 is 5.73 Å². The Morgan fingerprint density at radius 3 is 2.52 bits per heavy atom. The molecule has 0 bridgehead atoms. The van der Waals surface area contributed by atoms with Gasteiger partial charge in [0.15, 0.2) is 0 Å². The second-order valence-electron chi connectivity index (χ2n) is 6.36. The summed E-state index contributed by atoms with van der Waals surface area (Å²) in [4.78, 5) is 37.0. The van der Waals surface area contributed by atoms with E-state index in [1.165, 1.54) is 11.0 Å². The van der Waals surface area contributed by atoms with Crippen molar-refractivity contribution in [1.29, 1.82) is 5.26 Å². The molecule has 0 aliphatic carbocycles. The van der Waals surface area contributed by atoms with Crippen molar-refractivity contribution in [3.05, 3.63) is 80.4 Å². The van der Waals surface area contributed by atoms with E-state index >= 15 is 0 Å². The lowest BCUT2D eigenvalue weighted by atomic mass is 10.1. The molecule has 0 saturated carbocycles. The summed E-state index contributed by atoms with van der Waals surface area (Å²) in [6, 6.07) is 15.0. The predicted octanol–water partition coefficient (Wildman–Crippen LogP) is 2.81. The van der Waals surface area contributed by atoms with E-state index in [2.05, 4.69) is 0 Å². The van der Waals surface area contributed by atoms with Crippen LogP contribution in [0.3, 0.4) is 0 Å². The number of carbonyl (C=O) groups excluding carboxylic acids is 2. The highest BCUT2D eigenvalue weighted by atomic mass is 32.2. The number of carbonyl (C=O) groups is 2. The number of thioether (sulfide) groups is 1. The summed E-state index contributed by atoms with van der Waals surface area (Å²) in [5, 5.41) is 20.1. The summed E-state index contributed by atoms with van der Waals surface area (Å²) in [5.74, 6) is -1.31. The van der Waals surface area contributed by atoms with Crippen molar-refractivity contribution < 1.29 is 14.5 Å². The topological polar surface area (TPSA) is 130 Å². The van der Waals surface area contributed by atoms with Crippen LogP contribution in [-0.4, -0.2) is 22.0 Å². The molecule has 0 aromatic heterocycles. The standard InChI is InChI=1S/C20H16N4O4S/c1-12-6-8-14(9-7-12)23-19(26)17(29-20(23)15(11-21)18(22)25)10-13-4-2-3-5-16(13)24(27)28/h2-9,17H,10H2,1H3,(H2,22,25)/b20-15+/t17-/m1/s1. The smallest absolute Gasteiger partial charge is 0.272 e. The van der Waals surface area contributed by atoms with Gasteiger partial charge in [0.2, 0.25) is 5.91 Å². The van der Waals surface area contributed by atoms with E-state index in [-0.39, 0.29) is 28.6 Å². The Bertz CT molecular complexity index is 1070. The highest BCUT2D eigenvalue weighted by molar-refractivity contribution is 8.05. The van der Waals surface area contributed by atoms with Crippen molar-refractivity contribution in [2.45, 2.75) is 18.6 Å². The summed E-state index contributed by atoms with van der Waals surface area (Å²) in [7, 11) is 0. The van der Waals surface area contributed by atoms with Gasteiger partial charge in [-0.2, -0.15) is 5.26 Å². The van der Waals surface area contributed by atoms with Crippen LogP contribution in [0, 0.1) is 28.4 Å². The molecule has 0 radical (unpaired) electrons. The first-order valence-electron chi connectivity index (χ1n) is 8.57. The van der Waals surface area contributed by atoms with Gasteiger partial charge in [0.1, 0.15) is 16.7 Å². The van der Waals surface area contributed by atoms with E-state index in [9.17, 15) is 25.0 Å². The van der Waals surface area contributed by atoms with Crippen LogP contribution in [0.25, 0.3) is 0 Å². The number of anilines is 1. The van der Waals surface area contributed by atoms with Gasteiger partial charge in [0.05, 0.1) is 10.2 Å². The summed E-state index contributed by atoms with van der Waals surface area (Å²) < 4.78 is 0. The van der Waals surface area contributed by atoms with Gasteiger partial charge in [-0.3, -0.25) is 24.6 Å². The molecule has 2 aromatic rings. The average molecular weight is 408 g/mol. The van der Waals surface area contributed by atoms with E-state index in [0.29, 0.717) is 11.3 Å². The summed E-state index contributed by atoms with van der Waals surface area (Å²) in [6.45, 7) is 1.89. The third-order valence-corrected chi connectivity index (χ3v) is 5.67. The number of benzene rings is 2. The molecule has 0 unspecified atom stereocenters. The number of nitrogens with two attached hydrogens (primary N) is 1. The number of hydrogen-bond acceptors (Lipinski definition) is 6. The first kappa shape index (κ1) is 20.1. The lowest BCUT2D eigenvalue weighted by Crippen LogP contribution is -2.31. The Hall–Kier alpha value is -3.64. The second-order valence-corrected chi connectivity index (χ2v) is 7.55. The molecule has 1 aliphatic heterocycles. The van der Waals surface area contributed by atoms with E-state index in [1.54, 1.807) is 48.5 Å². The SMILES string of the molecule is Cc1ccc(N2C(=O)[C@@H](Cc3ccccc3[N+](=O)[O-])S/C2=C(\C#N)C(N)=O)cc1. The van der Waals surface area contributed by atoms with E-state index in [1.807, 2.05) is 6.92 Å². The lowest BCUT2D eigenvalue weighted by Gasteiger charge is -2.18. The molecule has 2 N–H and O–H groups in total. The van der Waals surface area contributed by atoms with Crippen molar-refractivity contribution in [3.8, 4) is 6.07 Å². The summed E-state index contributed by atoms with van der Waals surface area (Å²) in [5.41, 5.74) is 6.79. The highest BCUT2D eigenvalue weighted by Gasteiger charge is 2.41. The van der Waals surface area contributed by atoms with Gasteiger partial charge in [-0.05, 0) is 19.1 Å². The van der Waals surface area contributed by atoms with Crippen LogP contribution in [0.1, 0.15) is 11.1 Å². The summed E-state index contributed by atoms with van der Waals surface area (Å²) in [6.07, 6.45) is 0.0734. The molecule has 3 rings (SSSR count). The molecule has 1 fully saturated rings. The van der Waals surface area contributed by atoms with Crippen molar-refractivity contribution in [2.75, 3.05) is 4.90 Å². The molecular formula is C20H16N4O4S. The maximum absolute atomic E-state index is 13.2. The Morgan fingerprint density at radius 1 is 1.28 bits per heavy atom. The highest BCUT2D eigenvalue weighted by Crippen LogP contribution is 2.42. The number of aryl methyl sites for hydroxylation is 1. The third-order valence-electron chi connectivity index (χ3n) is 4.41. The maximum atomic E-state index is 13.2. The number of primary amides is 1. The minimum absolute atomic E-state index is 0.0734. The molecule has 1 saturated heterocycles. The number of amides is 2. The molecule has 8 nitrogen and oxygen atoms in total. The number of nitriles is 1. The van der Waals surface area contributed by atoms with Crippen molar-refractivity contribution in [3.63, 3.8) is 0 Å². The molecule has 1 atom stereocenters. The van der Waals surface area contributed by atoms with Gasteiger partial charge in [-0.15, -0.1) is 0 Å². The minimum atomic E-state index is -0.939. The van der Waals surface area contributed by atoms with Crippen LogP contribution in [0.4, 0.5) is 11.4 Å². The van der Waals surface area contributed by atoms with Crippen LogP contribution in [-0.2, 0) is 16.0 Å². The normalized spacial score (nSPS) is 17.7. The van der Waals surface area contributed by atoms with E-state index in [0.717, 1.165) is 17.3 Å². The average Bonchev–Trinajstić information content (AvgIpc) is 2.99. The summed E-state index contributed by atoms with van der Waals surface area (Å²) >= 11 is 1.01. The van der Waals surface area contributed by atoms with Crippen LogP contribution in [0.5, 0.6) is 0 Å². The van der Waals surface area contributed by atoms with Crippen molar-refractivity contribution in [1.82, 2.24) is 0 Å². The Kier molecular flexibility index (Phi) is 5.66. The molecule has 29 heavy (non-hydrogen) atoms. The van der Waals surface area contributed by atoms with Gasteiger partial charge in [0, 0.05) is 23.7 Å². The van der Waals surface area contributed by atoms with Crippen molar-refractivity contribution in [2.24, 2.45) is 5.73 Å². The Labute approximate surface area is 170 Å². The number of rotatable bonds is 5. The number of nitro groups is 1. The number of nitrogens with zero attached hydrogens (tertiary/aromatic N) is 3. The molecule has 1 heterocycles. The lowest BCUT2D eigenvalue weighted by molar-refractivity contribution is -0.385. The monoisotopic (exact) mass is 408 g/mol. The number of para-hydroxylation sites is 1.